The Balaban J connectivity index is 2.24. The molecule has 1 atom stereocenters. The van der Waals surface area contributed by atoms with Crippen molar-refractivity contribution < 1.29 is 28.8 Å². The highest BCUT2D eigenvalue weighted by atomic mass is 16.5. The van der Waals surface area contributed by atoms with Crippen LogP contribution in [0, 0.1) is 0 Å². The van der Waals surface area contributed by atoms with Crippen LogP contribution < -0.4 is 24.3 Å². The molecule has 0 aromatic heterocycles. The van der Waals surface area contributed by atoms with E-state index >= 15 is 0 Å². The number of ether oxygens (including phenoxy) is 4. The highest BCUT2D eigenvalue weighted by molar-refractivity contribution is 5.84. The molecule has 0 heterocycles. The summed E-state index contributed by atoms with van der Waals surface area (Å²) in [4.78, 5) is 11.8. The molecular weight excluding hydrogens is 374 g/mol. The molecule has 3 rings (SSSR count). The van der Waals surface area contributed by atoms with Gasteiger partial charge in [-0.2, -0.15) is 0 Å². The summed E-state index contributed by atoms with van der Waals surface area (Å²) in [6.07, 6.45) is 1.43. The first-order chi connectivity index (χ1) is 14.0. The fraction of sp³-hybridized carbons (Fsp3) is 0.409. The van der Waals surface area contributed by atoms with Gasteiger partial charge in [-0.25, -0.2) is 0 Å². The number of nitrogens with one attached hydrogen (secondary N) is 1. The normalized spacial score (nSPS) is 14.9. The molecule has 0 saturated carbocycles. The van der Waals surface area contributed by atoms with E-state index in [0.29, 0.717) is 29.4 Å². The maximum absolute atomic E-state index is 11.8. The van der Waals surface area contributed by atoms with E-state index in [4.69, 9.17) is 24.1 Å². The predicted molar refractivity (Wildman–Crippen MR) is 109 cm³/mol. The molecule has 7 heteroatoms. The summed E-state index contributed by atoms with van der Waals surface area (Å²) in [5, 5.41) is 12.1. The number of fused-ring (bicyclic) bond motifs is 3. The Morgan fingerprint density at radius 1 is 1.14 bits per heavy atom. The first kappa shape index (κ1) is 20.8. The Hall–Kier alpha value is -2.93. The number of hydrogen-bond acceptors (Lipinski definition) is 6. The second-order valence-electron chi connectivity index (χ2n) is 6.79. The largest absolute Gasteiger partial charge is 0.493 e. The van der Waals surface area contributed by atoms with Gasteiger partial charge in [-0.15, -0.1) is 0 Å². The second-order valence-corrected chi connectivity index (χ2v) is 6.79. The van der Waals surface area contributed by atoms with Crippen LogP contribution >= 0.6 is 0 Å². The number of carbonyl (C=O) groups is 1. The van der Waals surface area contributed by atoms with E-state index in [1.54, 1.807) is 21.3 Å². The molecule has 2 aromatic carbocycles. The summed E-state index contributed by atoms with van der Waals surface area (Å²) in [7, 11) is 4.78. The molecule has 2 aromatic rings. The van der Waals surface area contributed by atoms with E-state index in [2.05, 4.69) is 5.32 Å². The van der Waals surface area contributed by atoms with E-state index in [1.807, 2.05) is 24.3 Å². The van der Waals surface area contributed by atoms with Crippen molar-refractivity contribution in [3.8, 4) is 34.1 Å². The molecule has 7 nitrogen and oxygen atoms in total. The Morgan fingerprint density at radius 3 is 2.52 bits per heavy atom. The molecule has 0 aliphatic heterocycles. The maximum Gasteiger partial charge on any atom is 0.217 e. The maximum atomic E-state index is 11.8. The van der Waals surface area contributed by atoms with Crippen molar-refractivity contribution in [3.05, 3.63) is 35.4 Å². The zero-order chi connectivity index (χ0) is 21.0. The van der Waals surface area contributed by atoms with Crippen LogP contribution in [-0.2, 0) is 11.2 Å². The van der Waals surface area contributed by atoms with Gasteiger partial charge in [-0.05, 0) is 47.7 Å². The van der Waals surface area contributed by atoms with Crippen LogP contribution in [0.4, 0.5) is 0 Å². The van der Waals surface area contributed by atoms with Gasteiger partial charge >= 0.3 is 0 Å². The number of aliphatic hydroxyl groups excluding tert-OH is 1. The smallest absolute Gasteiger partial charge is 0.217 e. The Morgan fingerprint density at radius 2 is 1.90 bits per heavy atom. The minimum atomic E-state index is -0.186. The first-order valence-corrected chi connectivity index (χ1v) is 9.50. The second kappa shape index (κ2) is 9.05. The van der Waals surface area contributed by atoms with Gasteiger partial charge in [0.1, 0.15) is 12.4 Å². The molecule has 29 heavy (non-hydrogen) atoms. The molecule has 0 saturated heterocycles. The molecule has 0 bridgehead atoms. The number of carbonyl (C=O) groups excluding carboxylic acids is 1. The van der Waals surface area contributed by atoms with Crippen LogP contribution in [0.3, 0.4) is 0 Å². The third kappa shape index (κ3) is 4.10. The fourth-order valence-corrected chi connectivity index (χ4v) is 3.86. The van der Waals surface area contributed by atoms with E-state index < -0.39 is 0 Å². The summed E-state index contributed by atoms with van der Waals surface area (Å²) in [6.45, 7) is 1.64. The van der Waals surface area contributed by atoms with Crippen molar-refractivity contribution >= 4 is 5.91 Å². The number of methoxy groups -OCH3 is 3. The highest BCUT2D eigenvalue weighted by Crippen LogP contribution is 2.50. The van der Waals surface area contributed by atoms with Crippen LogP contribution in [0.5, 0.6) is 23.0 Å². The SMILES string of the molecule is COc1cc2c(c(OC)c1OC)-c1ccc(OCCO)cc1C(NC(C)=O)CC2. The number of aryl methyl sites for hydroxylation is 1. The molecule has 1 aliphatic carbocycles. The number of benzene rings is 2. The van der Waals surface area contributed by atoms with E-state index in [1.165, 1.54) is 6.92 Å². The topological polar surface area (TPSA) is 86.2 Å². The highest BCUT2D eigenvalue weighted by Gasteiger charge is 2.29. The third-order valence-electron chi connectivity index (χ3n) is 5.02. The summed E-state index contributed by atoms with van der Waals surface area (Å²) in [6, 6.07) is 7.50. The minimum Gasteiger partial charge on any atom is -0.493 e. The van der Waals surface area contributed by atoms with Gasteiger partial charge in [0.15, 0.2) is 11.5 Å². The van der Waals surface area contributed by atoms with Gasteiger partial charge < -0.3 is 29.4 Å². The Kier molecular flexibility index (Phi) is 6.49. The summed E-state index contributed by atoms with van der Waals surface area (Å²) < 4.78 is 22.4. The quantitative estimate of drug-likeness (QED) is 0.742. The summed E-state index contributed by atoms with van der Waals surface area (Å²) in [5.41, 5.74) is 3.84. The lowest BCUT2D eigenvalue weighted by molar-refractivity contribution is -0.119. The number of amides is 1. The zero-order valence-corrected chi connectivity index (χ0v) is 17.2. The third-order valence-corrected chi connectivity index (χ3v) is 5.02. The van der Waals surface area contributed by atoms with Crippen LogP contribution in [0.25, 0.3) is 11.1 Å². The predicted octanol–water partition coefficient (Wildman–Crippen LogP) is 2.87. The molecule has 0 spiro atoms. The van der Waals surface area contributed by atoms with Crippen LogP contribution in [0.15, 0.2) is 24.3 Å². The van der Waals surface area contributed by atoms with Crippen molar-refractivity contribution in [1.82, 2.24) is 5.32 Å². The Bertz CT molecular complexity index is 895. The molecule has 156 valence electrons. The van der Waals surface area contributed by atoms with E-state index in [0.717, 1.165) is 28.7 Å². The van der Waals surface area contributed by atoms with Gasteiger partial charge in [0.25, 0.3) is 0 Å². The van der Waals surface area contributed by atoms with Gasteiger partial charge in [0.2, 0.25) is 11.7 Å². The fourth-order valence-electron chi connectivity index (χ4n) is 3.86. The van der Waals surface area contributed by atoms with Crippen molar-refractivity contribution in [3.63, 3.8) is 0 Å². The van der Waals surface area contributed by atoms with Crippen molar-refractivity contribution in [2.24, 2.45) is 0 Å². The lowest BCUT2D eigenvalue weighted by Crippen LogP contribution is -2.26. The average molecular weight is 401 g/mol. The molecule has 1 amide bonds. The van der Waals surface area contributed by atoms with Crippen LogP contribution in [0.2, 0.25) is 0 Å². The molecule has 1 aliphatic rings. The monoisotopic (exact) mass is 401 g/mol. The van der Waals surface area contributed by atoms with Crippen molar-refractivity contribution in [1.29, 1.82) is 0 Å². The molecule has 0 radical (unpaired) electrons. The van der Waals surface area contributed by atoms with E-state index in [-0.39, 0.29) is 25.2 Å². The average Bonchev–Trinajstić information content (AvgIpc) is 2.87. The van der Waals surface area contributed by atoms with Gasteiger partial charge in [0, 0.05) is 12.5 Å². The minimum absolute atomic E-state index is 0.0696. The van der Waals surface area contributed by atoms with Crippen molar-refractivity contribution in [2.75, 3.05) is 34.5 Å². The standard InChI is InChI=1S/C22H27NO6/c1-13(25)23-18-8-5-14-11-19(26-2)21(27-3)22(28-4)20(14)16-7-6-15(12-17(16)18)29-10-9-24/h6-7,11-12,18,24H,5,8-10H2,1-4H3,(H,23,25). The molecular formula is C22H27NO6. The molecule has 2 N–H and O–H groups in total. The van der Waals surface area contributed by atoms with Crippen molar-refractivity contribution in [2.45, 2.75) is 25.8 Å². The zero-order valence-electron chi connectivity index (χ0n) is 17.2. The molecule has 1 unspecified atom stereocenters. The first-order valence-electron chi connectivity index (χ1n) is 9.50. The summed E-state index contributed by atoms with van der Waals surface area (Å²) in [5.74, 6) is 2.26. The summed E-state index contributed by atoms with van der Waals surface area (Å²) >= 11 is 0. The van der Waals surface area contributed by atoms with Crippen LogP contribution in [-0.4, -0.2) is 45.6 Å². The number of aliphatic hydroxyl groups is 1. The molecule has 0 fully saturated rings. The number of hydrogen-bond donors (Lipinski definition) is 2. The lowest BCUT2D eigenvalue weighted by Gasteiger charge is -2.21. The van der Waals surface area contributed by atoms with Crippen LogP contribution in [0.1, 0.15) is 30.5 Å². The Labute approximate surface area is 170 Å². The van der Waals surface area contributed by atoms with Gasteiger partial charge in [0.05, 0.1) is 34.0 Å². The van der Waals surface area contributed by atoms with Gasteiger partial charge in [-0.1, -0.05) is 6.07 Å². The number of rotatable bonds is 7. The van der Waals surface area contributed by atoms with Gasteiger partial charge in [-0.3, -0.25) is 4.79 Å². The lowest BCUT2D eigenvalue weighted by atomic mass is 9.93. The van der Waals surface area contributed by atoms with E-state index in [9.17, 15) is 4.79 Å².